The molecule has 0 saturated heterocycles. The summed E-state index contributed by atoms with van der Waals surface area (Å²) in [4.78, 5) is 8.90. The summed E-state index contributed by atoms with van der Waals surface area (Å²) in [6.07, 6.45) is -3.71. The summed E-state index contributed by atoms with van der Waals surface area (Å²) in [5.74, 6) is -0.390. The van der Waals surface area contributed by atoms with Gasteiger partial charge in [-0.1, -0.05) is 12.1 Å². The minimum absolute atomic E-state index is 0.0909. The smallest absolute Gasteiger partial charge is 0.299 e. The number of alkyl halides is 3. The van der Waals surface area contributed by atoms with Crippen molar-refractivity contribution in [1.29, 1.82) is 0 Å². The zero-order valence-corrected chi connectivity index (χ0v) is 14.1. The highest BCUT2D eigenvalue weighted by atomic mass is 32.2. The first-order chi connectivity index (χ1) is 12.4. The summed E-state index contributed by atoms with van der Waals surface area (Å²) in [5.41, 5.74) is -0.199. The van der Waals surface area contributed by atoms with Crippen LogP contribution in [-0.4, -0.2) is 16.7 Å². The lowest BCUT2D eigenvalue weighted by molar-refractivity contribution is -0.160. The summed E-state index contributed by atoms with van der Waals surface area (Å²) < 4.78 is 58.5. The molecule has 136 valence electrons. The Labute approximate surface area is 150 Å². The van der Waals surface area contributed by atoms with Crippen LogP contribution in [-0.2, 0) is 15.4 Å². The summed E-state index contributed by atoms with van der Waals surface area (Å²) in [5, 5.41) is 0. The van der Waals surface area contributed by atoms with Gasteiger partial charge in [0.1, 0.15) is 11.6 Å². The lowest BCUT2D eigenvalue weighted by Gasteiger charge is -2.08. The monoisotopic (exact) mass is 384 g/mol. The molecule has 0 amide bonds. The van der Waals surface area contributed by atoms with E-state index in [9.17, 15) is 17.6 Å². The van der Waals surface area contributed by atoms with Crippen molar-refractivity contribution in [3.05, 3.63) is 66.2 Å². The van der Waals surface area contributed by atoms with Gasteiger partial charge in [0.25, 0.3) is 0 Å². The fraction of sp³-hybridized carbons (Fsp3) is 0.118. The summed E-state index contributed by atoms with van der Waals surface area (Å²) in [7, 11) is 1.36. The average molecular weight is 384 g/mol. The predicted octanol–water partition coefficient (Wildman–Crippen LogP) is 5.28. The third kappa shape index (κ3) is 4.06. The molecule has 0 bridgehead atoms. The molecule has 0 fully saturated rings. The van der Waals surface area contributed by atoms with Crippen molar-refractivity contribution in [2.75, 3.05) is 7.11 Å². The van der Waals surface area contributed by atoms with E-state index in [1.807, 2.05) is 0 Å². The minimum atomic E-state index is -4.60. The number of nitrogens with zero attached hydrogens (tertiary/aromatic N) is 2. The molecule has 1 heterocycles. The standard InChI is InChI=1S/C17H12F4N2O2S/c1-24-25-26-14-8-2-11(3-9-14)16-22-15(17(19,20)21)10-23(16)13-6-4-12(18)5-7-13/h2-10H,1H3. The maximum absolute atomic E-state index is 13.1. The average Bonchev–Trinajstić information content (AvgIpc) is 3.07. The third-order valence-corrected chi connectivity index (χ3v) is 4.08. The van der Waals surface area contributed by atoms with Crippen LogP contribution in [0.1, 0.15) is 5.69 Å². The van der Waals surface area contributed by atoms with E-state index < -0.39 is 17.7 Å². The van der Waals surface area contributed by atoms with Crippen molar-refractivity contribution in [3.8, 4) is 17.1 Å². The summed E-state index contributed by atoms with van der Waals surface area (Å²) in [6.45, 7) is 0. The molecule has 2 aromatic carbocycles. The third-order valence-electron chi connectivity index (χ3n) is 3.41. The fourth-order valence-electron chi connectivity index (χ4n) is 2.25. The summed E-state index contributed by atoms with van der Waals surface area (Å²) >= 11 is 0.965. The Morgan fingerprint density at radius 3 is 2.23 bits per heavy atom. The van der Waals surface area contributed by atoms with Gasteiger partial charge in [0, 0.05) is 22.3 Å². The van der Waals surface area contributed by atoms with E-state index in [1.54, 1.807) is 24.3 Å². The van der Waals surface area contributed by atoms with Gasteiger partial charge in [-0.05, 0) is 36.4 Å². The second-order valence-electron chi connectivity index (χ2n) is 5.14. The second-order valence-corrected chi connectivity index (χ2v) is 5.91. The fourth-order valence-corrected chi connectivity index (χ4v) is 2.65. The molecule has 0 aliphatic heterocycles. The van der Waals surface area contributed by atoms with Gasteiger partial charge in [0.05, 0.1) is 19.2 Å². The number of imidazole rings is 1. The number of rotatable bonds is 5. The maximum atomic E-state index is 13.1. The van der Waals surface area contributed by atoms with Crippen molar-refractivity contribution >= 4 is 12.0 Å². The first kappa shape index (κ1) is 18.4. The van der Waals surface area contributed by atoms with Gasteiger partial charge in [0.2, 0.25) is 0 Å². The predicted molar refractivity (Wildman–Crippen MR) is 87.9 cm³/mol. The highest BCUT2D eigenvalue weighted by molar-refractivity contribution is 7.94. The van der Waals surface area contributed by atoms with Crippen molar-refractivity contribution < 1.29 is 26.8 Å². The molecule has 1 aromatic heterocycles. The highest BCUT2D eigenvalue weighted by Crippen LogP contribution is 2.33. The van der Waals surface area contributed by atoms with Crippen LogP contribution in [0.5, 0.6) is 0 Å². The Hall–Kier alpha value is -2.36. The van der Waals surface area contributed by atoms with Gasteiger partial charge in [-0.25, -0.2) is 14.3 Å². The summed E-state index contributed by atoms with van der Waals surface area (Å²) in [6, 6.07) is 11.7. The number of aromatic nitrogens is 2. The van der Waals surface area contributed by atoms with Gasteiger partial charge in [0.15, 0.2) is 5.69 Å². The highest BCUT2D eigenvalue weighted by Gasteiger charge is 2.35. The van der Waals surface area contributed by atoms with Crippen LogP contribution in [0.25, 0.3) is 17.1 Å². The Bertz CT molecular complexity index is 877. The minimum Gasteiger partial charge on any atom is -0.299 e. The molecule has 0 aliphatic rings. The van der Waals surface area contributed by atoms with Crippen LogP contribution in [0.3, 0.4) is 0 Å². The molecule has 0 unspecified atom stereocenters. The van der Waals surface area contributed by atoms with E-state index in [4.69, 9.17) is 4.33 Å². The topological polar surface area (TPSA) is 36.3 Å². The molecule has 0 aliphatic carbocycles. The molecule has 0 saturated carbocycles. The van der Waals surface area contributed by atoms with Crippen LogP contribution in [0, 0.1) is 5.82 Å². The zero-order valence-electron chi connectivity index (χ0n) is 13.3. The number of hydrogen-bond acceptors (Lipinski definition) is 4. The van der Waals surface area contributed by atoms with Crippen molar-refractivity contribution in [3.63, 3.8) is 0 Å². The lowest BCUT2D eigenvalue weighted by atomic mass is 10.2. The Morgan fingerprint density at radius 2 is 1.65 bits per heavy atom. The molecule has 0 radical (unpaired) electrons. The van der Waals surface area contributed by atoms with Gasteiger partial charge in [-0.2, -0.15) is 17.5 Å². The van der Waals surface area contributed by atoms with Crippen LogP contribution in [0.15, 0.2) is 59.6 Å². The van der Waals surface area contributed by atoms with E-state index in [0.29, 0.717) is 16.1 Å². The molecule has 4 nitrogen and oxygen atoms in total. The van der Waals surface area contributed by atoms with Crippen LogP contribution < -0.4 is 0 Å². The van der Waals surface area contributed by atoms with Crippen LogP contribution in [0.4, 0.5) is 17.6 Å². The van der Waals surface area contributed by atoms with Crippen molar-refractivity contribution in [2.24, 2.45) is 0 Å². The van der Waals surface area contributed by atoms with E-state index >= 15 is 0 Å². The molecule has 3 rings (SSSR count). The molecule has 3 aromatic rings. The van der Waals surface area contributed by atoms with Crippen LogP contribution in [0.2, 0.25) is 0 Å². The zero-order chi connectivity index (χ0) is 18.7. The van der Waals surface area contributed by atoms with E-state index in [1.165, 1.54) is 35.9 Å². The number of halogens is 4. The Morgan fingerprint density at radius 1 is 1.00 bits per heavy atom. The first-order valence-corrected chi connectivity index (χ1v) is 8.03. The molecule has 0 atom stereocenters. The molecule has 26 heavy (non-hydrogen) atoms. The van der Waals surface area contributed by atoms with E-state index in [0.717, 1.165) is 18.2 Å². The second kappa shape index (κ2) is 7.48. The lowest BCUT2D eigenvalue weighted by Crippen LogP contribution is -2.05. The van der Waals surface area contributed by atoms with Gasteiger partial charge in [-0.15, -0.1) is 0 Å². The van der Waals surface area contributed by atoms with Crippen molar-refractivity contribution in [2.45, 2.75) is 11.1 Å². The molecular weight excluding hydrogens is 372 g/mol. The molecular formula is C17H12F4N2O2S. The Balaban J connectivity index is 2.04. The molecule has 9 heteroatoms. The number of benzene rings is 2. The largest absolute Gasteiger partial charge is 0.434 e. The SMILES string of the molecule is COOSc1ccc(-c2nc(C(F)(F)F)cn2-c2ccc(F)cc2)cc1. The molecule has 0 spiro atoms. The van der Waals surface area contributed by atoms with E-state index in [-0.39, 0.29) is 5.82 Å². The quantitative estimate of drug-likeness (QED) is 0.259. The number of hydrogen-bond donors (Lipinski definition) is 0. The first-order valence-electron chi connectivity index (χ1n) is 7.29. The Kier molecular flexibility index (Phi) is 5.30. The van der Waals surface area contributed by atoms with Crippen molar-refractivity contribution in [1.82, 2.24) is 9.55 Å². The van der Waals surface area contributed by atoms with Gasteiger partial charge < -0.3 is 0 Å². The van der Waals surface area contributed by atoms with E-state index in [2.05, 4.69) is 9.87 Å². The normalized spacial score (nSPS) is 11.7. The molecule has 0 N–H and O–H groups in total. The maximum Gasteiger partial charge on any atom is 0.434 e. The van der Waals surface area contributed by atoms with Crippen LogP contribution >= 0.6 is 12.0 Å². The van der Waals surface area contributed by atoms with Gasteiger partial charge in [-0.3, -0.25) is 4.57 Å². The van der Waals surface area contributed by atoms with Gasteiger partial charge >= 0.3 is 6.18 Å².